The molecule has 0 atom stereocenters. The molecule has 6 heteroatoms. The molecular weight excluding hydrogens is 322 g/mol. The van der Waals surface area contributed by atoms with Crippen LogP contribution in [-0.4, -0.2) is 22.1 Å². The van der Waals surface area contributed by atoms with Crippen LogP contribution in [0, 0.1) is 13.8 Å². The molecule has 2 aromatic rings. The third-order valence-corrected chi connectivity index (χ3v) is 3.52. The Balaban J connectivity index is 2.53. The minimum Gasteiger partial charge on any atom is -0.461 e. The van der Waals surface area contributed by atoms with Crippen molar-refractivity contribution in [1.29, 1.82) is 0 Å². The zero-order valence-electron chi connectivity index (χ0n) is 11.6. The molecule has 5 nitrogen and oxygen atoms in total. The molecule has 2 rings (SSSR count). The van der Waals surface area contributed by atoms with Crippen molar-refractivity contribution in [2.75, 3.05) is 12.3 Å². The number of nitrogens with zero attached hydrogens (tertiary/aromatic N) is 2. The van der Waals surface area contributed by atoms with Gasteiger partial charge in [-0.15, -0.1) is 0 Å². The lowest BCUT2D eigenvalue weighted by atomic mass is 10.1. The second-order valence-corrected chi connectivity index (χ2v) is 5.34. The van der Waals surface area contributed by atoms with Crippen LogP contribution in [0.2, 0.25) is 0 Å². The third-order valence-electron chi connectivity index (χ3n) is 2.91. The van der Waals surface area contributed by atoms with Crippen LogP contribution >= 0.6 is 15.9 Å². The lowest BCUT2D eigenvalue weighted by molar-refractivity contribution is 0.0521. The summed E-state index contributed by atoms with van der Waals surface area (Å²) in [5.74, 6) is -0.235. The highest BCUT2D eigenvalue weighted by molar-refractivity contribution is 9.10. The monoisotopic (exact) mass is 337 g/mol. The molecular formula is C14H16BrN3O2. The average Bonchev–Trinajstić information content (AvgIpc) is 2.71. The van der Waals surface area contributed by atoms with E-state index in [2.05, 4.69) is 20.9 Å². The number of nitrogen functional groups attached to an aromatic ring is 1. The molecule has 1 heterocycles. The zero-order chi connectivity index (χ0) is 14.9. The Hall–Kier alpha value is -1.82. The third kappa shape index (κ3) is 2.56. The van der Waals surface area contributed by atoms with Gasteiger partial charge in [-0.2, -0.15) is 0 Å². The minimum atomic E-state index is -0.510. The highest BCUT2D eigenvalue weighted by Gasteiger charge is 2.19. The van der Waals surface area contributed by atoms with Crippen LogP contribution < -0.4 is 5.73 Å². The summed E-state index contributed by atoms with van der Waals surface area (Å²) in [5, 5.41) is 0. The van der Waals surface area contributed by atoms with Gasteiger partial charge in [0.15, 0.2) is 5.69 Å². The van der Waals surface area contributed by atoms with E-state index >= 15 is 0 Å². The van der Waals surface area contributed by atoms with Gasteiger partial charge >= 0.3 is 5.97 Å². The molecule has 0 aliphatic carbocycles. The Morgan fingerprint density at radius 3 is 2.75 bits per heavy atom. The molecule has 2 N–H and O–H groups in total. The van der Waals surface area contributed by atoms with E-state index in [0.29, 0.717) is 6.61 Å². The largest absolute Gasteiger partial charge is 0.461 e. The lowest BCUT2D eigenvalue weighted by Gasteiger charge is -2.12. The van der Waals surface area contributed by atoms with Gasteiger partial charge in [0, 0.05) is 4.47 Å². The molecule has 0 aliphatic heterocycles. The van der Waals surface area contributed by atoms with Crippen LogP contribution in [-0.2, 0) is 4.74 Å². The van der Waals surface area contributed by atoms with E-state index in [-0.39, 0.29) is 11.5 Å². The summed E-state index contributed by atoms with van der Waals surface area (Å²) in [5.41, 5.74) is 9.21. The fraction of sp³-hybridized carbons (Fsp3) is 0.286. The van der Waals surface area contributed by atoms with Crippen molar-refractivity contribution in [1.82, 2.24) is 9.55 Å². The maximum atomic E-state index is 11.7. The maximum Gasteiger partial charge on any atom is 0.360 e. The number of halogens is 1. The number of esters is 1. The maximum absolute atomic E-state index is 11.7. The van der Waals surface area contributed by atoms with Crippen LogP contribution in [0.1, 0.15) is 28.5 Å². The van der Waals surface area contributed by atoms with Crippen molar-refractivity contribution in [2.24, 2.45) is 0 Å². The van der Waals surface area contributed by atoms with E-state index in [0.717, 1.165) is 21.3 Å². The topological polar surface area (TPSA) is 70.1 Å². The Bertz CT molecular complexity index is 641. The first-order valence-electron chi connectivity index (χ1n) is 6.22. The van der Waals surface area contributed by atoms with E-state index < -0.39 is 5.97 Å². The number of benzene rings is 1. The predicted molar refractivity (Wildman–Crippen MR) is 81.1 cm³/mol. The number of aryl methyl sites for hydroxylation is 2. The molecule has 20 heavy (non-hydrogen) atoms. The van der Waals surface area contributed by atoms with Gasteiger partial charge in [-0.25, -0.2) is 9.78 Å². The summed E-state index contributed by atoms with van der Waals surface area (Å²) in [6.07, 6.45) is 1.53. The average molecular weight is 338 g/mol. The molecule has 0 spiro atoms. The molecule has 0 fully saturated rings. The first-order valence-corrected chi connectivity index (χ1v) is 7.02. The molecule has 0 aliphatic rings. The van der Waals surface area contributed by atoms with E-state index in [1.165, 1.54) is 6.33 Å². The SMILES string of the molecule is CCOC(=O)c1ncn(-c2c(C)cc(C)cc2Br)c1N. The number of imidazole rings is 1. The van der Waals surface area contributed by atoms with Crippen molar-refractivity contribution in [2.45, 2.75) is 20.8 Å². The van der Waals surface area contributed by atoms with Gasteiger partial charge < -0.3 is 10.5 Å². The van der Waals surface area contributed by atoms with Crippen molar-refractivity contribution in [3.05, 3.63) is 39.8 Å². The lowest BCUT2D eigenvalue weighted by Crippen LogP contribution is -2.10. The van der Waals surface area contributed by atoms with E-state index in [9.17, 15) is 4.79 Å². The molecule has 1 aromatic heterocycles. The van der Waals surface area contributed by atoms with Crippen molar-refractivity contribution >= 4 is 27.7 Å². The van der Waals surface area contributed by atoms with Crippen LogP contribution in [0.4, 0.5) is 5.82 Å². The molecule has 0 unspecified atom stereocenters. The zero-order valence-corrected chi connectivity index (χ0v) is 13.2. The Morgan fingerprint density at radius 1 is 1.45 bits per heavy atom. The molecule has 0 bridgehead atoms. The van der Waals surface area contributed by atoms with Gasteiger partial charge in [0.1, 0.15) is 12.1 Å². The second-order valence-electron chi connectivity index (χ2n) is 4.48. The van der Waals surface area contributed by atoms with E-state index in [1.807, 2.05) is 26.0 Å². The number of ether oxygens (including phenoxy) is 1. The van der Waals surface area contributed by atoms with Crippen LogP contribution in [0.5, 0.6) is 0 Å². The number of hydrogen-bond acceptors (Lipinski definition) is 4. The first kappa shape index (κ1) is 14.6. The molecule has 1 aromatic carbocycles. The van der Waals surface area contributed by atoms with Gasteiger partial charge in [-0.1, -0.05) is 6.07 Å². The van der Waals surface area contributed by atoms with Crippen LogP contribution in [0.15, 0.2) is 22.9 Å². The Morgan fingerprint density at radius 2 is 2.15 bits per heavy atom. The van der Waals surface area contributed by atoms with Crippen molar-refractivity contribution < 1.29 is 9.53 Å². The van der Waals surface area contributed by atoms with Gasteiger partial charge in [-0.3, -0.25) is 4.57 Å². The Kier molecular flexibility index (Phi) is 4.13. The summed E-state index contributed by atoms with van der Waals surface area (Å²) < 4.78 is 7.51. The first-order chi connectivity index (χ1) is 9.45. The standard InChI is InChI=1S/C14H16BrN3O2/c1-4-20-14(19)11-13(16)18(7-17-11)12-9(3)5-8(2)6-10(12)15/h5-7H,4,16H2,1-3H3. The van der Waals surface area contributed by atoms with E-state index in [1.54, 1.807) is 11.5 Å². The van der Waals surface area contributed by atoms with Crippen molar-refractivity contribution in [3.63, 3.8) is 0 Å². The fourth-order valence-electron chi connectivity index (χ4n) is 2.11. The Labute approximate surface area is 125 Å². The quantitative estimate of drug-likeness (QED) is 0.874. The number of hydrogen-bond donors (Lipinski definition) is 1. The summed E-state index contributed by atoms with van der Waals surface area (Å²) in [4.78, 5) is 15.8. The summed E-state index contributed by atoms with van der Waals surface area (Å²) in [6, 6.07) is 4.04. The summed E-state index contributed by atoms with van der Waals surface area (Å²) in [7, 11) is 0. The van der Waals surface area contributed by atoms with Gasteiger partial charge in [0.25, 0.3) is 0 Å². The van der Waals surface area contributed by atoms with Crippen molar-refractivity contribution in [3.8, 4) is 5.69 Å². The molecule has 106 valence electrons. The predicted octanol–water partition coefficient (Wildman–Crippen LogP) is 3.01. The number of aromatic nitrogens is 2. The summed E-state index contributed by atoms with van der Waals surface area (Å²) in [6.45, 7) is 6.03. The normalized spacial score (nSPS) is 10.6. The molecule has 0 saturated heterocycles. The highest BCUT2D eigenvalue weighted by Crippen LogP contribution is 2.29. The minimum absolute atomic E-state index is 0.138. The van der Waals surface area contributed by atoms with Gasteiger partial charge in [-0.05, 0) is 53.9 Å². The van der Waals surface area contributed by atoms with Gasteiger partial charge in [0.2, 0.25) is 0 Å². The second kappa shape index (κ2) is 5.66. The van der Waals surface area contributed by atoms with E-state index in [4.69, 9.17) is 10.5 Å². The molecule has 0 radical (unpaired) electrons. The number of anilines is 1. The molecule has 0 amide bonds. The number of carbonyl (C=O) groups excluding carboxylic acids is 1. The van der Waals surface area contributed by atoms with Crippen LogP contribution in [0.25, 0.3) is 5.69 Å². The van der Waals surface area contributed by atoms with Gasteiger partial charge in [0.05, 0.1) is 12.3 Å². The molecule has 0 saturated carbocycles. The smallest absolute Gasteiger partial charge is 0.360 e. The summed E-state index contributed by atoms with van der Waals surface area (Å²) >= 11 is 3.53. The van der Waals surface area contributed by atoms with Crippen LogP contribution in [0.3, 0.4) is 0 Å². The highest BCUT2D eigenvalue weighted by atomic mass is 79.9. The number of carbonyl (C=O) groups is 1. The fourth-order valence-corrected chi connectivity index (χ4v) is 2.97. The number of nitrogens with two attached hydrogens (primary N) is 1. The number of rotatable bonds is 3.